The summed E-state index contributed by atoms with van der Waals surface area (Å²) < 4.78 is 2.04. The van der Waals surface area contributed by atoms with Crippen LogP contribution in [-0.4, -0.2) is 15.7 Å². The van der Waals surface area contributed by atoms with Crippen LogP contribution >= 0.6 is 12.4 Å². The zero-order chi connectivity index (χ0) is 17.0. The maximum Gasteiger partial charge on any atom is 0.224 e. The minimum atomic E-state index is -0.0293. The fraction of sp³-hybridized carbons (Fsp3) is 0.444. The summed E-state index contributed by atoms with van der Waals surface area (Å²) in [5, 5.41) is 7.46. The number of nitrogens with one attached hydrogen (secondary N) is 1. The van der Waals surface area contributed by atoms with E-state index in [0.717, 1.165) is 17.9 Å². The highest BCUT2D eigenvalue weighted by Crippen LogP contribution is 2.19. The first-order valence-electron chi connectivity index (χ1n) is 8.05. The minimum absolute atomic E-state index is 0. The highest BCUT2D eigenvalue weighted by molar-refractivity contribution is 5.93. The molecule has 0 fully saturated rings. The second-order valence-corrected chi connectivity index (χ2v) is 6.36. The van der Waals surface area contributed by atoms with E-state index in [1.54, 1.807) is 6.07 Å². The number of aryl methyl sites for hydroxylation is 1. The number of carbonyl (C=O) groups is 1. The molecule has 0 aliphatic rings. The standard InChI is InChI=1S/C18H26N4O.ClH/c1-12(2)11-22-14(4)15(13(3)21-22)9-10-18(23)20-17-8-6-5-7-16(17)19;/h5-8,12H,9-11,19H2,1-4H3,(H,20,23);1H. The average Bonchev–Trinajstić information content (AvgIpc) is 2.73. The number of carbonyl (C=O) groups excluding carboxylic acids is 1. The number of rotatable bonds is 6. The molecule has 1 aromatic carbocycles. The average molecular weight is 351 g/mol. The summed E-state index contributed by atoms with van der Waals surface area (Å²) in [7, 11) is 0. The molecule has 1 heterocycles. The molecule has 3 N–H and O–H groups in total. The second kappa shape index (κ2) is 8.73. The molecule has 24 heavy (non-hydrogen) atoms. The first-order valence-corrected chi connectivity index (χ1v) is 8.05. The largest absolute Gasteiger partial charge is 0.397 e. The quantitative estimate of drug-likeness (QED) is 0.779. The molecule has 0 saturated carbocycles. The predicted octanol–water partition coefficient (Wildman–Crippen LogP) is 3.73. The van der Waals surface area contributed by atoms with Crippen LogP contribution in [0.1, 0.15) is 37.2 Å². The molecule has 0 spiro atoms. The van der Waals surface area contributed by atoms with Crippen LogP contribution in [0.3, 0.4) is 0 Å². The Morgan fingerprint density at radius 2 is 1.96 bits per heavy atom. The summed E-state index contributed by atoms with van der Waals surface area (Å²) in [5.74, 6) is 0.517. The van der Waals surface area contributed by atoms with Crippen LogP contribution in [0.2, 0.25) is 0 Å². The van der Waals surface area contributed by atoms with Gasteiger partial charge in [-0.2, -0.15) is 5.10 Å². The van der Waals surface area contributed by atoms with E-state index in [1.807, 2.05) is 29.8 Å². The smallest absolute Gasteiger partial charge is 0.224 e. The summed E-state index contributed by atoms with van der Waals surface area (Å²) in [6.07, 6.45) is 1.11. The Morgan fingerprint density at radius 1 is 1.29 bits per heavy atom. The van der Waals surface area contributed by atoms with Crippen LogP contribution < -0.4 is 11.1 Å². The third-order valence-corrected chi connectivity index (χ3v) is 3.91. The molecule has 6 heteroatoms. The predicted molar refractivity (Wildman–Crippen MR) is 102 cm³/mol. The molecule has 0 atom stereocenters. The van der Waals surface area contributed by atoms with E-state index in [9.17, 15) is 4.79 Å². The summed E-state index contributed by atoms with van der Waals surface area (Å²) in [6, 6.07) is 7.29. The highest BCUT2D eigenvalue weighted by atomic mass is 35.5. The first kappa shape index (κ1) is 20.0. The van der Waals surface area contributed by atoms with Crippen molar-refractivity contribution in [2.45, 2.75) is 47.1 Å². The van der Waals surface area contributed by atoms with Crippen LogP contribution in [0.25, 0.3) is 0 Å². The van der Waals surface area contributed by atoms with Crippen LogP contribution in [0.5, 0.6) is 0 Å². The van der Waals surface area contributed by atoms with E-state index < -0.39 is 0 Å². The Bertz CT molecular complexity index is 694. The Hall–Kier alpha value is -2.01. The van der Waals surface area contributed by atoms with Gasteiger partial charge in [-0.3, -0.25) is 9.48 Å². The summed E-state index contributed by atoms with van der Waals surface area (Å²) in [6.45, 7) is 9.33. The van der Waals surface area contributed by atoms with Gasteiger partial charge in [0, 0.05) is 18.7 Å². The Labute approximate surface area is 150 Å². The SMILES string of the molecule is Cc1nn(CC(C)C)c(C)c1CCC(=O)Nc1ccccc1N.Cl. The van der Waals surface area contributed by atoms with Gasteiger partial charge in [0.15, 0.2) is 0 Å². The highest BCUT2D eigenvalue weighted by Gasteiger charge is 2.14. The Balaban J connectivity index is 0.00000288. The number of hydrogen-bond acceptors (Lipinski definition) is 3. The number of nitrogens with zero attached hydrogens (tertiary/aromatic N) is 2. The Kier molecular flexibility index (Phi) is 7.29. The molecule has 2 aromatic rings. The number of anilines is 2. The lowest BCUT2D eigenvalue weighted by molar-refractivity contribution is -0.116. The molecule has 1 aromatic heterocycles. The van der Waals surface area contributed by atoms with Crippen LogP contribution in [0.15, 0.2) is 24.3 Å². The van der Waals surface area contributed by atoms with E-state index in [0.29, 0.717) is 30.1 Å². The monoisotopic (exact) mass is 350 g/mol. The van der Waals surface area contributed by atoms with E-state index in [4.69, 9.17) is 5.73 Å². The maximum atomic E-state index is 12.2. The number of nitrogen functional groups attached to an aromatic ring is 1. The molecule has 0 aliphatic heterocycles. The van der Waals surface area contributed by atoms with Gasteiger partial charge in [-0.1, -0.05) is 26.0 Å². The van der Waals surface area contributed by atoms with Gasteiger partial charge >= 0.3 is 0 Å². The summed E-state index contributed by atoms with van der Waals surface area (Å²) in [5.41, 5.74) is 10.4. The third kappa shape index (κ3) is 4.99. The minimum Gasteiger partial charge on any atom is -0.397 e. The molecule has 0 saturated heterocycles. The number of halogens is 1. The van der Waals surface area contributed by atoms with Gasteiger partial charge in [0.25, 0.3) is 0 Å². The number of para-hydroxylation sites is 2. The lowest BCUT2D eigenvalue weighted by Gasteiger charge is -2.09. The normalized spacial score (nSPS) is 10.5. The number of aromatic nitrogens is 2. The fourth-order valence-corrected chi connectivity index (χ4v) is 2.68. The lowest BCUT2D eigenvalue weighted by Crippen LogP contribution is -2.14. The van der Waals surface area contributed by atoms with Crippen molar-refractivity contribution in [1.29, 1.82) is 0 Å². The number of hydrogen-bond donors (Lipinski definition) is 2. The van der Waals surface area contributed by atoms with Crippen molar-refractivity contribution in [2.75, 3.05) is 11.1 Å². The zero-order valence-corrected chi connectivity index (χ0v) is 15.6. The third-order valence-electron chi connectivity index (χ3n) is 3.91. The van der Waals surface area contributed by atoms with Gasteiger partial charge in [-0.15, -0.1) is 12.4 Å². The van der Waals surface area contributed by atoms with Crippen LogP contribution in [-0.2, 0) is 17.8 Å². The lowest BCUT2D eigenvalue weighted by atomic mass is 10.1. The number of amides is 1. The zero-order valence-electron chi connectivity index (χ0n) is 14.8. The molecule has 0 aliphatic carbocycles. The molecular formula is C18H27ClN4O. The van der Waals surface area contributed by atoms with Gasteiger partial charge in [-0.25, -0.2) is 0 Å². The van der Waals surface area contributed by atoms with E-state index in [1.165, 1.54) is 5.56 Å². The fourth-order valence-electron chi connectivity index (χ4n) is 2.68. The molecule has 0 unspecified atom stereocenters. The van der Waals surface area contributed by atoms with Crippen molar-refractivity contribution < 1.29 is 4.79 Å². The number of nitrogens with two attached hydrogens (primary N) is 1. The molecule has 5 nitrogen and oxygen atoms in total. The molecule has 1 amide bonds. The molecule has 0 radical (unpaired) electrons. The molecule has 0 bridgehead atoms. The topological polar surface area (TPSA) is 72.9 Å². The molecular weight excluding hydrogens is 324 g/mol. The van der Waals surface area contributed by atoms with Crippen LogP contribution in [0.4, 0.5) is 11.4 Å². The first-order chi connectivity index (χ1) is 10.9. The number of benzene rings is 1. The summed E-state index contributed by atoms with van der Waals surface area (Å²) >= 11 is 0. The molecule has 132 valence electrons. The van der Waals surface area contributed by atoms with Crippen molar-refractivity contribution >= 4 is 29.7 Å². The van der Waals surface area contributed by atoms with Crippen molar-refractivity contribution in [3.63, 3.8) is 0 Å². The van der Waals surface area contributed by atoms with Crippen molar-refractivity contribution in [3.8, 4) is 0 Å². The van der Waals surface area contributed by atoms with Crippen molar-refractivity contribution in [1.82, 2.24) is 9.78 Å². The van der Waals surface area contributed by atoms with E-state index in [2.05, 4.69) is 31.2 Å². The van der Waals surface area contributed by atoms with E-state index in [-0.39, 0.29) is 18.3 Å². The van der Waals surface area contributed by atoms with Gasteiger partial charge < -0.3 is 11.1 Å². The van der Waals surface area contributed by atoms with E-state index >= 15 is 0 Å². The van der Waals surface area contributed by atoms with Crippen molar-refractivity contribution in [3.05, 3.63) is 41.2 Å². The van der Waals surface area contributed by atoms with Gasteiger partial charge in [0.05, 0.1) is 17.1 Å². The van der Waals surface area contributed by atoms with Crippen molar-refractivity contribution in [2.24, 2.45) is 5.92 Å². The van der Waals surface area contributed by atoms with Gasteiger partial charge in [-0.05, 0) is 43.9 Å². The second-order valence-electron chi connectivity index (χ2n) is 6.36. The summed E-state index contributed by atoms with van der Waals surface area (Å²) in [4.78, 5) is 12.2. The van der Waals surface area contributed by atoms with Gasteiger partial charge in [0.2, 0.25) is 5.91 Å². The molecule has 2 rings (SSSR count). The van der Waals surface area contributed by atoms with Crippen LogP contribution in [0, 0.1) is 19.8 Å². The maximum absolute atomic E-state index is 12.2. The van der Waals surface area contributed by atoms with Gasteiger partial charge in [0.1, 0.15) is 0 Å². The Morgan fingerprint density at radius 3 is 2.58 bits per heavy atom.